The van der Waals surface area contributed by atoms with Gasteiger partial charge in [-0.25, -0.2) is 9.59 Å². The molecule has 4 N–H and O–H groups in total. The minimum absolute atomic E-state index is 0.0116. The fourth-order valence-corrected chi connectivity index (χ4v) is 3.26. The molecule has 8 nitrogen and oxygen atoms in total. The van der Waals surface area contributed by atoms with Crippen LogP contribution in [0.5, 0.6) is 0 Å². The van der Waals surface area contributed by atoms with Gasteiger partial charge in [0.1, 0.15) is 0 Å². The van der Waals surface area contributed by atoms with Gasteiger partial charge in [-0.2, -0.15) is 0 Å². The lowest BCUT2D eigenvalue weighted by molar-refractivity contribution is -0.159. The number of para-hydroxylation sites is 2. The van der Waals surface area contributed by atoms with Crippen molar-refractivity contribution in [2.24, 2.45) is 0 Å². The molecule has 0 aliphatic carbocycles. The summed E-state index contributed by atoms with van der Waals surface area (Å²) in [6.07, 6.45) is 4.68. The molecule has 2 aromatic rings. The fraction of sp³-hybridized carbons (Fsp3) is 0.348. The zero-order chi connectivity index (χ0) is 22.5. The minimum Gasteiger partial charge on any atom is -0.473 e. The van der Waals surface area contributed by atoms with Crippen LogP contribution in [-0.2, 0) is 20.8 Å². The molecule has 0 radical (unpaired) electrons. The zero-order valence-corrected chi connectivity index (χ0v) is 17.4. The molecule has 0 aromatic heterocycles. The molecule has 0 saturated carbocycles. The highest BCUT2D eigenvalue weighted by atomic mass is 16.4. The second-order valence-corrected chi connectivity index (χ2v) is 7.14. The third-order valence-electron chi connectivity index (χ3n) is 4.78. The summed E-state index contributed by atoms with van der Waals surface area (Å²) in [7, 11) is 0. The summed E-state index contributed by atoms with van der Waals surface area (Å²) in [6, 6.07) is 18.4. The number of nitrogens with one attached hydrogen (secondary N) is 2. The van der Waals surface area contributed by atoms with E-state index in [1.54, 1.807) is 0 Å². The second kappa shape index (κ2) is 13.0. The van der Waals surface area contributed by atoms with Crippen LogP contribution in [0.1, 0.15) is 24.8 Å². The number of piperidine rings is 1. The molecule has 1 heterocycles. The number of rotatable bonds is 7. The van der Waals surface area contributed by atoms with Gasteiger partial charge in [-0.05, 0) is 49.9 Å². The number of amides is 1. The first-order valence-electron chi connectivity index (χ1n) is 10.3. The lowest BCUT2D eigenvalue weighted by Crippen LogP contribution is -2.32. The number of carbonyl (C=O) groups excluding carboxylic acids is 1. The van der Waals surface area contributed by atoms with Crippen LogP contribution in [0, 0.1) is 0 Å². The standard InChI is InChI=1S/C21H27N3O.C2H2O4/c25-21(17-22-14-13-18-9-3-1-4-10-18)23-19-11-5-6-12-20(19)24-15-7-2-8-16-24;3-1(4)2(5)6/h1,3-6,9-12,22H,2,7-8,13-17H2,(H,23,25);(H,3,4)(H,5,6). The quantitative estimate of drug-likeness (QED) is 0.396. The van der Waals surface area contributed by atoms with Gasteiger partial charge in [0.15, 0.2) is 0 Å². The first-order chi connectivity index (χ1) is 15.0. The molecular weight excluding hydrogens is 398 g/mol. The molecular formula is C23H29N3O5. The molecule has 1 aliphatic rings. The van der Waals surface area contributed by atoms with E-state index in [9.17, 15) is 4.79 Å². The Bertz CT molecular complexity index is 839. The maximum absolute atomic E-state index is 12.3. The average molecular weight is 428 g/mol. The molecule has 8 heteroatoms. The van der Waals surface area contributed by atoms with E-state index in [1.165, 1.54) is 24.8 Å². The van der Waals surface area contributed by atoms with E-state index in [0.717, 1.165) is 37.4 Å². The predicted octanol–water partition coefficient (Wildman–Crippen LogP) is 2.60. The molecule has 0 spiro atoms. The Morgan fingerprint density at radius 3 is 2.10 bits per heavy atom. The Hall–Kier alpha value is -3.39. The van der Waals surface area contributed by atoms with Crippen molar-refractivity contribution >= 4 is 29.2 Å². The highest BCUT2D eigenvalue weighted by Crippen LogP contribution is 2.28. The van der Waals surface area contributed by atoms with Crippen molar-refractivity contribution in [3.63, 3.8) is 0 Å². The lowest BCUT2D eigenvalue weighted by atomic mass is 10.1. The third kappa shape index (κ3) is 8.88. The highest BCUT2D eigenvalue weighted by molar-refractivity contribution is 6.27. The molecule has 1 amide bonds. The molecule has 0 unspecified atom stereocenters. The molecule has 2 aromatic carbocycles. The fourth-order valence-electron chi connectivity index (χ4n) is 3.26. The molecule has 3 rings (SSSR count). The lowest BCUT2D eigenvalue weighted by Gasteiger charge is -2.30. The Kier molecular flexibility index (Phi) is 10.0. The third-order valence-corrected chi connectivity index (χ3v) is 4.78. The Labute approximate surface area is 181 Å². The SMILES string of the molecule is O=C(CNCCc1ccccc1)Nc1ccccc1N1CCCCC1.O=C(O)C(=O)O. The maximum Gasteiger partial charge on any atom is 0.414 e. The number of carboxylic acids is 2. The monoisotopic (exact) mass is 427 g/mol. The number of nitrogens with zero attached hydrogens (tertiary/aromatic N) is 1. The number of carbonyl (C=O) groups is 3. The smallest absolute Gasteiger partial charge is 0.414 e. The normalized spacial score (nSPS) is 13.0. The number of anilines is 2. The van der Waals surface area contributed by atoms with Gasteiger partial charge in [0.25, 0.3) is 0 Å². The van der Waals surface area contributed by atoms with Crippen LogP contribution in [-0.4, -0.2) is 54.2 Å². The van der Waals surface area contributed by atoms with Crippen LogP contribution in [0.25, 0.3) is 0 Å². The van der Waals surface area contributed by atoms with Gasteiger partial charge in [-0.1, -0.05) is 42.5 Å². The molecule has 31 heavy (non-hydrogen) atoms. The number of hydrogen-bond acceptors (Lipinski definition) is 5. The van der Waals surface area contributed by atoms with Gasteiger partial charge in [-0.15, -0.1) is 0 Å². The Morgan fingerprint density at radius 2 is 1.45 bits per heavy atom. The number of hydrogen-bond donors (Lipinski definition) is 4. The van der Waals surface area contributed by atoms with Crippen LogP contribution in [0.2, 0.25) is 0 Å². The average Bonchev–Trinajstić information content (AvgIpc) is 2.79. The molecule has 1 saturated heterocycles. The van der Waals surface area contributed by atoms with Gasteiger partial charge in [0, 0.05) is 13.1 Å². The van der Waals surface area contributed by atoms with Crippen molar-refractivity contribution in [1.82, 2.24) is 5.32 Å². The predicted molar refractivity (Wildman–Crippen MR) is 119 cm³/mol. The molecule has 166 valence electrons. The van der Waals surface area contributed by atoms with Crippen LogP contribution in [0.3, 0.4) is 0 Å². The number of benzene rings is 2. The van der Waals surface area contributed by atoms with Gasteiger partial charge in [0.2, 0.25) is 5.91 Å². The summed E-state index contributed by atoms with van der Waals surface area (Å²) >= 11 is 0. The van der Waals surface area contributed by atoms with E-state index < -0.39 is 11.9 Å². The van der Waals surface area contributed by atoms with Gasteiger partial charge in [0.05, 0.1) is 17.9 Å². The first kappa shape index (κ1) is 23.9. The summed E-state index contributed by atoms with van der Waals surface area (Å²) in [5, 5.41) is 21.1. The van der Waals surface area contributed by atoms with Crippen LogP contribution in [0.4, 0.5) is 11.4 Å². The summed E-state index contributed by atoms with van der Waals surface area (Å²) in [5.41, 5.74) is 3.34. The van der Waals surface area contributed by atoms with Crippen molar-refractivity contribution < 1.29 is 24.6 Å². The van der Waals surface area contributed by atoms with Crippen molar-refractivity contribution in [2.75, 3.05) is 36.4 Å². The van der Waals surface area contributed by atoms with E-state index in [0.29, 0.717) is 6.54 Å². The molecule has 0 bridgehead atoms. The summed E-state index contributed by atoms with van der Waals surface area (Å²) < 4.78 is 0. The van der Waals surface area contributed by atoms with Gasteiger partial charge in [-0.3, -0.25) is 4.79 Å². The van der Waals surface area contributed by atoms with Gasteiger partial charge >= 0.3 is 11.9 Å². The van der Waals surface area contributed by atoms with Crippen molar-refractivity contribution in [2.45, 2.75) is 25.7 Å². The minimum atomic E-state index is -1.82. The second-order valence-electron chi connectivity index (χ2n) is 7.14. The van der Waals surface area contributed by atoms with Crippen molar-refractivity contribution in [3.05, 3.63) is 60.2 Å². The van der Waals surface area contributed by atoms with E-state index >= 15 is 0 Å². The summed E-state index contributed by atoms with van der Waals surface area (Å²) in [4.78, 5) is 32.8. The Morgan fingerprint density at radius 1 is 0.839 bits per heavy atom. The van der Waals surface area contributed by atoms with Crippen LogP contribution >= 0.6 is 0 Å². The summed E-state index contributed by atoms with van der Waals surface area (Å²) in [6.45, 7) is 3.27. The number of aliphatic carboxylic acids is 2. The molecule has 1 aliphatic heterocycles. The zero-order valence-electron chi connectivity index (χ0n) is 17.4. The van der Waals surface area contributed by atoms with Crippen molar-refractivity contribution in [3.8, 4) is 0 Å². The van der Waals surface area contributed by atoms with E-state index in [4.69, 9.17) is 19.8 Å². The van der Waals surface area contributed by atoms with Gasteiger partial charge < -0.3 is 25.7 Å². The van der Waals surface area contributed by atoms with E-state index in [-0.39, 0.29) is 5.91 Å². The highest BCUT2D eigenvalue weighted by Gasteiger charge is 2.15. The maximum atomic E-state index is 12.3. The van der Waals surface area contributed by atoms with E-state index in [2.05, 4.69) is 33.7 Å². The summed E-state index contributed by atoms with van der Waals surface area (Å²) in [5.74, 6) is -3.64. The first-order valence-corrected chi connectivity index (χ1v) is 10.3. The molecule has 1 fully saturated rings. The topological polar surface area (TPSA) is 119 Å². The molecule has 0 atom stereocenters. The largest absolute Gasteiger partial charge is 0.473 e. The van der Waals surface area contributed by atoms with Crippen LogP contribution < -0.4 is 15.5 Å². The van der Waals surface area contributed by atoms with Crippen LogP contribution in [0.15, 0.2) is 54.6 Å². The Balaban J connectivity index is 0.000000501. The number of carboxylic acid groups (broad SMARTS) is 2. The van der Waals surface area contributed by atoms with E-state index in [1.807, 2.05) is 36.4 Å². The van der Waals surface area contributed by atoms with Crippen molar-refractivity contribution in [1.29, 1.82) is 0 Å².